The van der Waals surface area contributed by atoms with E-state index in [4.69, 9.17) is 5.10 Å². The van der Waals surface area contributed by atoms with Crippen LogP contribution >= 0.6 is 0 Å². The minimum atomic E-state index is -0.268. The van der Waals surface area contributed by atoms with Gasteiger partial charge in [-0.15, -0.1) is 0 Å². The Balaban J connectivity index is 1.90. The summed E-state index contributed by atoms with van der Waals surface area (Å²) in [7, 11) is 1.62. The fraction of sp³-hybridized carbons (Fsp3) is 0.375. The molecule has 1 heterocycles. The number of carbonyl (C=O) groups is 2. The summed E-state index contributed by atoms with van der Waals surface area (Å²) in [6.45, 7) is 8.54. The fourth-order valence-corrected chi connectivity index (χ4v) is 3.52. The van der Waals surface area contributed by atoms with Crippen molar-refractivity contribution in [1.29, 1.82) is 0 Å². The third kappa shape index (κ3) is 4.70. The van der Waals surface area contributed by atoms with Crippen LogP contribution in [0.5, 0.6) is 0 Å². The van der Waals surface area contributed by atoms with Crippen LogP contribution < -0.4 is 5.32 Å². The number of carbonyl (C=O) groups excluding carboxylic acids is 2. The first-order chi connectivity index (χ1) is 14.3. The van der Waals surface area contributed by atoms with E-state index in [1.807, 2.05) is 38.1 Å². The zero-order valence-electron chi connectivity index (χ0n) is 18.4. The van der Waals surface area contributed by atoms with Crippen molar-refractivity contribution in [3.05, 3.63) is 70.3 Å². The van der Waals surface area contributed by atoms with Crippen molar-refractivity contribution in [2.45, 2.75) is 40.2 Å². The summed E-state index contributed by atoms with van der Waals surface area (Å²) in [4.78, 5) is 26.5. The number of hydrogen-bond donors (Lipinski definition) is 1. The maximum absolute atomic E-state index is 13.1. The standard InChI is InChI=1S/C24H30N4O2/c1-6-25-24(30)27(5)15-23(29)28-22(19-10-7-16(2)8-11-19)14-21(26-28)20-12-9-17(3)18(4)13-20/h7-13,22H,6,14-15H2,1-5H3,(H,25,30)/t22-/m0/s1. The maximum atomic E-state index is 13.1. The molecule has 1 aliphatic heterocycles. The Labute approximate surface area is 178 Å². The van der Waals surface area contributed by atoms with E-state index in [1.54, 1.807) is 12.1 Å². The minimum absolute atomic E-state index is 0.0299. The van der Waals surface area contributed by atoms with E-state index in [9.17, 15) is 9.59 Å². The molecule has 3 rings (SSSR count). The van der Waals surface area contributed by atoms with Gasteiger partial charge in [0.25, 0.3) is 5.91 Å². The molecule has 2 aromatic carbocycles. The number of aryl methyl sites for hydroxylation is 3. The Morgan fingerprint density at radius 3 is 2.43 bits per heavy atom. The van der Waals surface area contributed by atoms with E-state index in [0.29, 0.717) is 13.0 Å². The van der Waals surface area contributed by atoms with Gasteiger partial charge in [-0.2, -0.15) is 5.10 Å². The predicted molar refractivity (Wildman–Crippen MR) is 120 cm³/mol. The monoisotopic (exact) mass is 406 g/mol. The molecule has 0 spiro atoms. The second-order valence-electron chi connectivity index (χ2n) is 7.91. The number of likely N-dealkylation sites (N-methyl/N-ethyl adjacent to an activating group) is 1. The molecule has 0 unspecified atom stereocenters. The molecule has 6 nitrogen and oxygen atoms in total. The molecular weight excluding hydrogens is 376 g/mol. The Morgan fingerprint density at radius 2 is 1.80 bits per heavy atom. The zero-order valence-corrected chi connectivity index (χ0v) is 18.4. The van der Waals surface area contributed by atoms with Crippen LogP contribution in [0.25, 0.3) is 0 Å². The second kappa shape index (κ2) is 9.11. The topological polar surface area (TPSA) is 65.0 Å². The first kappa shape index (κ1) is 21.6. The molecule has 0 aromatic heterocycles. The number of hydrogen-bond acceptors (Lipinski definition) is 3. The summed E-state index contributed by atoms with van der Waals surface area (Å²) in [5.74, 6) is -0.201. The van der Waals surface area contributed by atoms with E-state index < -0.39 is 0 Å². The van der Waals surface area contributed by atoms with Gasteiger partial charge < -0.3 is 10.2 Å². The molecular formula is C24H30N4O2. The van der Waals surface area contributed by atoms with Gasteiger partial charge in [0.15, 0.2) is 0 Å². The zero-order chi connectivity index (χ0) is 21.8. The van der Waals surface area contributed by atoms with Crippen molar-refractivity contribution in [2.75, 3.05) is 20.1 Å². The normalized spacial score (nSPS) is 15.7. The van der Waals surface area contributed by atoms with Gasteiger partial charge in [-0.3, -0.25) is 4.79 Å². The number of hydrazone groups is 1. The van der Waals surface area contributed by atoms with Gasteiger partial charge >= 0.3 is 6.03 Å². The van der Waals surface area contributed by atoms with Crippen molar-refractivity contribution in [3.63, 3.8) is 0 Å². The van der Waals surface area contributed by atoms with Gasteiger partial charge in [0.1, 0.15) is 6.54 Å². The van der Waals surface area contributed by atoms with Crippen molar-refractivity contribution in [1.82, 2.24) is 15.2 Å². The third-order valence-corrected chi connectivity index (χ3v) is 5.52. The molecule has 0 bridgehead atoms. The predicted octanol–water partition coefficient (Wildman–Crippen LogP) is 3.95. The Morgan fingerprint density at radius 1 is 1.10 bits per heavy atom. The van der Waals surface area contributed by atoms with Crippen LogP contribution in [0.4, 0.5) is 4.79 Å². The van der Waals surface area contributed by atoms with E-state index in [-0.39, 0.29) is 24.5 Å². The summed E-state index contributed by atoms with van der Waals surface area (Å²) >= 11 is 0. The molecule has 1 N–H and O–H groups in total. The van der Waals surface area contributed by atoms with Crippen LogP contribution in [0, 0.1) is 20.8 Å². The van der Waals surface area contributed by atoms with Gasteiger partial charge in [0, 0.05) is 20.0 Å². The summed E-state index contributed by atoms with van der Waals surface area (Å²) in [6.07, 6.45) is 0.641. The van der Waals surface area contributed by atoms with Gasteiger partial charge in [0.2, 0.25) is 0 Å². The largest absolute Gasteiger partial charge is 0.338 e. The van der Waals surface area contributed by atoms with Crippen LogP contribution in [-0.4, -0.2) is 47.7 Å². The molecule has 0 fully saturated rings. The Hall–Kier alpha value is -3.15. The Kier molecular flexibility index (Phi) is 6.55. The Bertz CT molecular complexity index is 966. The van der Waals surface area contributed by atoms with Gasteiger partial charge in [-0.05, 0) is 56.0 Å². The minimum Gasteiger partial charge on any atom is -0.338 e. The molecule has 0 radical (unpaired) electrons. The van der Waals surface area contributed by atoms with Crippen molar-refractivity contribution >= 4 is 17.6 Å². The number of urea groups is 1. The highest BCUT2D eigenvalue weighted by Gasteiger charge is 2.33. The van der Waals surface area contributed by atoms with E-state index in [2.05, 4.69) is 37.4 Å². The van der Waals surface area contributed by atoms with E-state index in [1.165, 1.54) is 21.6 Å². The first-order valence-corrected chi connectivity index (χ1v) is 10.3. The van der Waals surface area contributed by atoms with Crippen LogP contribution in [0.3, 0.4) is 0 Å². The van der Waals surface area contributed by atoms with Gasteiger partial charge in [0.05, 0.1) is 11.8 Å². The summed E-state index contributed by atoms with van der Waals surface area (Å²) < 4.78 is 0. The quantitative estimate of drug-likeness (QED) is 0.817. The number of benzene rings is 2. The molecule has 30 heavy (non-hydrogen) atoms. The van der Waals surface area contributed by atoms with Crippen molar-refractivity contribution < 1.29 is 9.59 Å². The molecule has 6 heteroatoms. The lowest BCUT2D eigenvalue weighted by Crippen LogP contribution is -2.43. The molecule has 158 valence electrons. The molecule has 0 aliphatic carbocycles. The fourth-order valence-electron chi connectivity index (χ4n) is 3.52. The molecule has 3 amide bonds. The lowest BCUT2D eigenvalue weighted by Gasteiger charge is -2.25. The highest BCUT2D eigenvalue weighted by atomic mass is 16.2. The number of nitrogens with zero attached hydrogens (tertiary/aromatic N) is 3. The van der Waals surface area contributed by atoms with E-state index >= 15 is 0 Å². The average Bonchev–Trinajstić information content (AvgIpc) is 3.16. The molecule has 2 aromatic rings. The summed E-state index contributed by atoms with van der Waals surface area (Å²) in [5.41, 5.74) is 6.55. The molecule has 1 aliphatic rings. The van der Waals surface area contributed by atoms with E-state index in [0.717, 1.165) is 16.8 Å². The number of nitrogens with one attached hydrogen (secondary N) is 1. The highest BCUT2D eigenvalue weighted by Crippen LogP contribution is 2.33. The highest BCUT2D eigenvalue weighted by molar-refractivity contribution is 6.03. The lowest BCUT2D eigenvalue weighted by atomic mass is 9.96. The number of amides is 3. The lowest BCUT2D eigenvalue weighted by molar-refractivity contribution is -0.133. The first-order valence-electron chi connectivity index (χ1n) is 10.3. The number of rotatable bonds is 5. The van der Waals surface area contributed by atoms with Crippen LogP contribution in [0.15, 0.2) is 47.6 Å². The van der Waals surface area contributed by atoms with Gasteiger partial charge in [-0.25, -0.2) is 9.80 Å². The van der Waals surface area contributed by atoms with Crippen LogP contribution in [0.1, 0.15) is 47.2 Å². The van der Waals surface area contributed by atoms with Gasteiger partial charge in [-0.1, -0.05) is 42.0 Å². The molecule has 0 saturated heterocycles. The van der Waals surface area contributed by atoms with Crippen molar-refractivity contribution in [2.24, 2.45) is 5.10 Å². The second-order valence-corrected chi connectivity index (χ2v) is 7.91. The van der Waals surface area contributed by atoms with Crippen LogP contribution in [0.2, 0.25) is 0 Å². The summed E-state index contributed by atoms with van der Waals surface area (Å²) in [5, 5.41) is 8.97. The maximum Gasteiger partial charge on any atom is 0.317 e. The van der Waals surface area contributed by atoms with Crippen LogP contribution in [-0.2, 0) is 4.79 Å². The molecule has 1 atom stereocenters. The summed E-state index contributed by atoms with van der Waals surface area (Å²) in [6, 6.07) is 14.0. The third-order valence-electron chi connectivity index (χ3n) is 5.52. The van der Waals surface area contributed by atoms with Crippen molar-refractivity contribution in [3.8, 4) is 0 Å². The average molecular weight is 407 g/mol. The SMILES string of the molecule is CCNC(=O)N(C)CC(=O)N1N=C(c2ccc(C)c(C)c2)C[C@H]1c1ccc(C)cc1. The smallest absolute Gasteiger partial charge is 0.317 e. The molecule has 0 saturated carbocycles.